The number of amides is 3. The Balaban J connectivity index is 1.37. The monoisotopic (exact) mass is 370 g/mol. The Kier molecular flexibility index (Phi) is 5.22. The minimum absolute atomic E-state index is 0.120. The third-order valence-corrected chi connectivity index (χ3v) is 5.72. The Morgan fingerprint density at radius 1 is 1.15 bits per heavy atom. The van der Waals surface area contributed by atoms with Gasteiger partial charge in [-0.05, 0) is 43.0 Å². The Hall–Kier alpha value is -2.25. The fraction of sp³-hybridized carbons (Fsp3) is 0.550. The number of nitrogens with one attached hydrogen (secondary N) is 3. The first-order chi connectivity index (χ1) is 13.1. The maximum Gasteiger partial charge on any atom is 0.255 e. The molecule has 0 bridgehead atoms. The van der Waals surface area contributed by atoms with Crippen molar-refractivity contribution in [2.75, 3.05) is 13.1 Å². The van der Waals surface area contributed by atoms with E-state index in [4.69, 9.17) is 0 Å². The standard InChI is InChI=1S/C20H26N4O3/c25-18-7-6-17(19(26)23-18)24-12-14-9-13(4-5-16(14)20(24)27)10-21-11-15-3-1-2-8-22-15/h4-5,9,15,17,21-22H,1-3,6-8,10-12H2,(H,23,25,26)/t15-,17?/m0/s1. The van der Waals surface area contributed by atoms with Crippen LogP contribution in [0.2, 0.25) is 0 Å². The Morgan fingerprint density at radius 3 is 2.81 bits per heavy atom. The van der Waals surface area contributed by atoms with Crippen LogP contribution in [0.25, 0.3) is 0 Å². The zero-order valence-corrected chi connectivity index (χ0v) is 15.4. The molecule has 2 atom stereocenters. The molecule has 2 fully saturated rings. The molecule has 3 aliphatic rings. The summed E-state index contributed by atoms with van der Waals surface area (Å²) in [6.45, 7) is 3.23. The lowest BCUT2D eigenvalue weighted by atomic mass is 10.0. The second-order valence-corrected chi connectivity index (χ2v) is 7.67. The van der Waals surface area contributed by atoms with Gasteiger partial charge in [0.1, 0.15) is 6.04 Å². The average Bonchev–Trinajstić information content (AvgIpc) is 2.99. The fourth-order valence-corrected chi connectivity index (χ4v) is 4.23. The number of carbonyl (C=O) groups excluding carboxylic acids is 3. The molecule has 7 nitrogen and oxygen atoms in total. The molecule has 3 aliphatic heterocycles. The van der Waals surface area contributed by atoms with E-state index in [0.717, 1.165) is 30.8 Å². The van der Waals surface area contributed by atoms with E-state index in [1.165, 1.54) is 19.3 Å². The van der Waals surface area contributed by atoms with Crippen LogP contribution in [0.1, 0.15) is 53.6 Å². The molecule has 3 heterocycles. The molecule has 3 N–H and O–H groups in total. The zero-order chi connectivity index (χ0) is 18.8. The molecule has 27 heavy (non-hydrogen) atoms. The molecular formula is C20H26N4O3. The predicted molar refractivity (Wildman–Crippen MR) is 99.8 cm³/mol. The first-order valence-electron chi connectivity index (χ1n) is 9.82. The Labute approximate surface area is 158 Å². The molecule has 3 amide bonds. The molecule has 0 aromatic heterocycles. The summed E-state index contributed by atoms with van der Waals surface area (Å²) in [7, 11) is 0. The van der Waals surface area contributed by atoms with Gasteiger partial charge >= 0.3 is 0 Å². The first-order valence-corrected chi connectivity index (χ1v) is 9.82. The molecule has 1 aromatic carbocycles. The highest BCUT2D eigenvalue weighted by Gasteiger charge is 2.38. The van der Waals surface area contributed by atoms with Gasteiger partial charge in [-0.3, -0.25) is 19.7 Å². The number of hydrogen-bond donors (Lipinski definition) is 3. The number of imide groups is 1. The summed E-state index contributed by atoms with van der Waals surface area (Å²) in [6, 6.07) is 5.88. The molecule has 0 spiro atoms. The van der Waals surface area contributed by atoms with Gasteiger partial charge < -0.3 is 15.5 Å². The van der Waals surface area contributed by atoms with Crippen LogP contribution in [0, 0.1) is 0 Å². The van der Waals surface area contributed by atoms with Gasteiger partial charge in [-0.15, -0.1) is 0 Å². The van der Waals surface area contributed by atoms with Gasteiger partial charge in [0, 0.05) is 37.7 Å². The molecule has 0 aliphatic carbocycles. The zero-order valence-electron chi connectivity index (χ0n) is 15.4. The van der Waals surface area contributed by atoms with Crippen LogP contribution in [0.15, 0.2) is 18.2 Å². The lowest BCUT2D eigenvalue weighted by molar-refractivity contribution is -0.136. The van der Waals surface area contributed by atoms with E-state index in [9.17, 15) is 14.4 Å². The minimum Gasteiger partial charge on any atom is -0.322 e. The minimum atomic E-state index is -0.554. The second-order valence-electron chi connectivity index (χ2n) is 7.67. The molecule has 7 heteroatoms. The fourth-order valence-electron chi connectivity index (χ4n) is 4.23. The van der Waals surface area contributed by atoms with E-state index >= 15 is 0 Å². The van der Waals surface area contributed by atoms with E-state index in [-0.39, 0.29) is 24.1 Å². The molecule has 1 unspecified atom stereocenters. The molecule has 2 saturated heterocycles. The summed E-state index contributed by atoms with van der Waals surface area (Å²) >= 11 is 0. The summed E-state index contributed by atoms with van der Waals surface area (Å²) in [6.07, 6.45) is 4.44. The average molecular weight is 370 g/mol. The summed E-state index contributed by atoms with van der Waals surface area (Å²) in [5.74, 6) is -0.749. The Bertz CT molecular complexity index is 758. The van der Waals surface area contributed by atoms with E-state index in [0.29, 0.717) is 24.6 Å². The molecule has 1 aromatic rings. The molecule has 0 radical (unpaired) electrons. The van der Waals surface area contributed by atoms with Gasteiger partial charge in [0.25, 0.3) is 5.91 Å². The van der Waals surface area contributed by atoms with E-state index in [1.54, 1.807) is 4.90 Å². The quantitative estimate of drug-likeness (QED) is 0.663. The van der Waals surface area contributed by atoms with Crippen LogP contribution in [-0.4, -0.2) is 47.8 Å². The van der Waals surface area contributed by atoms with Crippen molar-refractivity contribution in [1.29, 1.82) is 0 Å². The highest BCUT2D eigenvalue weighted by Crippen LogP contribution is 2.28. The third-order valence-electron chi connectivity index (χ3n) is 5.72. The summed E-state index contributed by atoms with van der Waals surface area (Å²) in [5, 5.41) is 9.36. The number of rotatable bonds is 5. The smallest absolute Gasteiger partial charge is 0.255 e. The summed E-state index contributed by atoms with van der Waals surface area (Å²) in [5.41, 5.74) is 2.76. The van der Waals surface area contributed by atoms with Gasteiger partial charge in [0.05, 0.1) is 0 Å². The lowest BCUT2D eigenvalue weighted by Crippen LogP contribution is -2.52. The van der Waals surface area contributed by atoms with Crippen molar-refractivity contribution in [3.63, 3.8) is 0 Å². The SMILES string of the molecule is O=C1CCC(N2Cc3cc(CNC[C@@H]4CCCCN4)ccc3C2=O)C(=O)N1. The molecule has 144 valence electrons. The topological polar surface area (TPSA) is 90.5 Å². The van der Waals surface area contributed by atoms with Gasteiger partial charge in [0.15, 0.2) is 0 Å². The van der Waals surface area contributed by atoms with Crippen molar-refractivity contribution in [3.05, 3.63) is 34.9 Å². The van der Waals surface area contributed by atoms with Crippen molar-refractivity contribution in [3.8, 4) is 0 Å². The maximum atomic E-state index is 12.7. The number of piperidine rings is 2. The van der Waals surface area contributed by atoms with Crippen molar-refractivity contribution in [1.82, 2.24) is 20.9 Å². The Morgan fingerprint density at radius 2 is 2.04 bits per heavy atom. The second kappa shape index (κ2) is 7.78. The van der Waals surface area contributed by atoms with E-state index < -0.39 is 6.04 Å². The summed E-state index contributed by atoms with van der Waals surface area (Å²) in [4.78, 5) is 37.7. The van der Waals surface area contributed by atoms with Crippen molar-refractivity contribution >= 4 is 17.7 Å². The molecule has 0 saturated carbocycles. The third kappa shape index (κ3) is 3.89. The lowest BCUT2D eigenvalue weighted by Gasteiger charge is -2.29. The van der Waals surface area contributed by atoms with Crippen LogP contribution in [0.5, 0.6) is 0 Å². The predicted octanol–water partition coefficient (Wildman–Crippen LogP) is 0.679. The molecular weight excluding hydrogens is 344 g/mol. The van der Waals surface area contributed by atoms with Crippen LogP contribution < -0.4 is 16.0 Å². The van der Waals surface area contributed by atoms with Gasteiger partial charge in [-0.1, -0.05) is 18.6 Å². The van der Waals surface area contributed by atoms with Gasteiger partial charge in [-0.25, -0.2) is 0 Å². The van der Waals surface area contributed by atoms with Crippen LogP contribution in [0.3, 0.4) is 0 Å². The van der Waals surface area contributed by atoms with Gasteiger partial charge in [0.2, 0.25) is 11.8 Å². The van der Waals surface area contributed by atoms with Gasteiger partial charge in [-0.2, -0.15) is 0 Å². The van der Waals surface area contributed by atoms with Crippen LogP contribution >= 0.6 is 0 Å². The first kappa shape index (κ1) is 18.1. The van der Waals surface area contributed by atoms with Crippen molar-refractivity contribution in [2.24, 2.45) is 0 Å². The number of carbonyl (C=O) groups is 3. The van der Waals surface area contributed by atoms with Crippen LogP contribution in [-0.2, 0) is 22.7 Å². The number of benzene rings is 1. The van der Waals surface area contributed by atoms with Crippen molar-refractivity contribution < 1.29 is 14.4 Å². The molecule has 4 rings (SSSR count). The van der Waals surface area contributed by atoms with E-state index in [2.05, 4.69) is 22.0 Å². The normalized spacial score (nSPS) is 25.5. The highest BCUT2D eigenvalue weighted by molar-refractivity contribution is 6.05. The van der Waals surface area contributed by atoms with Crippen molar-refractivity contribution in [2.45, 2.75) is 57.3 Å². The number of fused-ring (bicyclic) bond motifs is 1. The number of hydrogen-bond acceptors (Lipinski definition) is 5. The van der Waals surface area contributed by atoms with E-state index in [1.807, 2.05) is 12.1 Å². The highest BCUT2D eigenvalue weighted by atomic mass is 16.2. The maximum absolute atomic E-state index is 12.7. The largest absolute Gasteiger partial charge is 0.322 e. The number of nitrogens with zero attached hydrogens (tertiary/aromatic N) is 1. The summed E-state index contributed by atoms with van der Waals surface area (Å²) < 4.78 is 0. The van der Waals surface area contributed by atoms with Crippen LogP contribution in [0.4, 0.5) is 0 Å².